The topological polar surface area (TPSA) is 34.4 Å². The lowest BCUT2D eigenvalue weighted by molar-refractivity contribution is 0.285. The molecular weight excluding hydrogens is 264 g/mol. The van der Waals surface area contributed by atoms with E-state index in [2.05, 4.69) is 12.2 Å². The first-order chi connectivity index (χ1) is 9.70. The fourth-order valence-electron chi connectivity index (χ4n) is 1.78. The molecule has 0 amide bonds. The molecule has 0 fully saturated rings. The molecule has 1 N–H and O–H groups in total. The number of ether oxygens (including phenoxy) is 1. The fraction of sp³-hybridized carbons (Fsp3) is 0.333. The first-order valence-corrected chi connectivity index (χ1v) is 6.54. The number of furan rings is 1. The van der Waals surface area contributed by atoms with Crippen LogP contribution < -0.4 is 10.1 Å². The van der Waals surface area contributed by atoms with E-state index in [9.17, 15) is 8.78 Å². The zero-order valence-corrected chi connectivity index (χ0v) is 11.3. The molecule has 0 spiro atoms. The van der Waals surface area contributed by atoms with Gasteiger partial charge in [0.05, 0.1) is 12.8 Å². The number of hydrogen-bond acceptors (Lipinski definition) is 3. The maximum absolute atomic E-state index is 13.4. The van der Waals surface area contributed by atoms with E-state index >= 15 is 0 Å². The Hall–Kier alpha value is -1.88. The second-order valence-corrected chi connectivity index (χ2v) is 4.41. The van der Waals surface area contributed by atoms with Crippen molar-refractivity contribution in [1.82, 2.24) is 5.32 Å². The SMILES string of the molecule is CCCNCc1occc1COc1ccc(F)cc1F. The van der Waals surface area contributed by atoms with Gasteiger partial charge >= 0.3 is 0 Å². The van der Waals surface area contributed by atoms with Gasteiger partial charge in [-0.15, -0.1) is 0 Å². The normalized spacial score (nSPS) is 10.8. The highest BCUT2D eigenvalue weighted by Gasteiger charge is 2.09. The maximum atomic E-state index is 13.4. The molecule has 0 aliphatic heterocycles. The Bertz CT molecular complexity index is 555. The van der Waals surface area contributed by atoms with Crippen LogP contribution in [0.2, 0.25) is 0 Å². The predicted octanol–water partition coefficient (Wildman–Crippen LogP) is 3.64. The van der Waals surface area contributed by atoms with E-state index in [0.29, 0.717) is 6.54 Å². The Balaban J connectivity index is 1.95. The van der Waals surface area contributed by atoms with Gasteiger partial charge in [0.25, 0.3) is 0 Å². The van der Waals surface area contributed by atoms with Crippen molar-refractivity contribution in [3.8, 4) is 5.75 Å². The van der Waals surface area contributed by atoms with Gasteiger partial charge < -0.3 is 14.5 Å². The van der Waals surface area contributed by atoms with Gasteiger partial charge in [-0.1, -0.05) is 6.92 Å². The van der Waals surface area contributed by atoms with Gasteiger partial charge in [0.15, 0.2) is 11.6 Å². The van der Waals surface area contributed by atoms with Crippen LogP contribution in [0.3, 0.4) is 0 Å². The number of benzene rings is 1. The van der Waals surface area contributed by atoms with Crippen LogP contribution >= 0.6 is 0 Å². The maximum Gasteiger partial charge on any atom is 0.167 e. The second-order valence-electron chi connectivity index (χ2n) is 4.41. The van der Waals surface area contributed by atoms with Gasteiger partial charge in [0, 0.05) is 11.6 Å². The molecule has 1 heterocycles. The predicted molar refractivity (Wildman–Crippen MR) is 71.4 cm³/mol. The average Bonchev–Trinajstić information content (AvgIpc) is 2.86. The van der Waals surface area contributed by atoms with Crippen molar-refractivity contribution in [2.24, 2.45) is 0 Å². The lowest BCUT2D eigenvalue weighted by Gasteiger charge is -2.08. The molecular formula is C15H17F2NO2. The van der Waals surface area contributed by atoms with Crippen molar-refractivity contribution in [2.75, 3.05) is 6.54 Å². The van der Waals surface area contributed by atoms with Crippen LogP contribution in [0.4, 0.5) is 8.78 Å². The molecule has 20 heavy (non-hydrogen) atoms. The molecule has 0 unspecified atom stereocenters. The molecule has 1 aromatic carbocycles. The van der Waals surface area contributed by atoms with Crippen molar-refractivity contribution >= 4 is 0 Å². The summed E-state index contributed by atoms with van der Waals surface area (Å²) in [6.07, 6.45) is 2.61. The first-order valence-electron chi connectivity index (χ1n) is 6.54. The number of nitrogens with one attached hydrogen (secondary N) is 1. The van der Waals surface area contributed by atoms with Crippen LogP contribution in [0, 0.1) is 11.6 Å². The molecule has 0 saturated heterocycles. The minimum absolute atomic E-state index is 0.0278. The third-order valence-corrected chi connectivity index (χ3v) is 2.83. The molecule has 0 radical (unpaired) electrons. The molecule has 3 nitrogen and oxygen atoms in total. The van der Waals surface area contributed by atoms with E-state index in [1.54, 1.807) is 12.3 Å². The number of rotatable bonds is 7. The summed E-state index contributed by atoms with van der Waals surface area (Å²) in [6, 6.07) is 5.02. The summed E-state index contributed by atoms with van der Waals surface area (Å²) >= 11 is 0. The van der Waals surface area contributed by atoms with Gasteiger partial charge in [-0.05, 0) is 31.2 Å². The molecule has 1 aromatic heterocycles. The Morgan fingerprint density at radius 3 is 2.85 bits per heavy atom. The van der Waals surface area contributed by atoms with Crippen LogP contribution in [-0.4, -0.2) is 6.54 Å². The summed E-state index contributed by atoms with van der Waals surface area (Å²) in [6.45, 7) is 3.76. The molecule has 0 bridgehead atoms. The minimum Gasteiger partial charge on any atom is -0.486 e. The molecule has 5 heteroatoms. The third-order valence-electron chi connectivity index (χ3n) is 2.83. The van der Waals surface area contributed by atoms with Gasteiger partial charge in [0.1, 0.15) is 18.2 Å². The monoisotopic (exact) mass is 281 g/mol. The zero-order chi connectivity index (χ0) is 14.4. The van der Waals surface area contributed by atoms with E-state index in [1.807, 2.05) is 0 Å². The Morgan fingerprint density at radius 2 is 2.10 bits per heavy atom. The number of halogens is 2. The highest BCUT2D eigenvalue weighted by Crippen LogP contribution is 2.20. The van der Waals surface area contributed by atoms with Crippen molar-refractivity contribution in [1.29, 1.82) is 0 Å². The zero-order valence-electron chi connectivity index (χ0n) is 11.3. The summed E-state index contributed by atoms with van der Waals surface area (Å²) in [5.74, 6) is -0.539. The fourth-order valence-corrected chi connectivity index (χ4v) is 1.78. The van der Waals surface area contributed by atoms with Crippen molar-refractivity contribution in [3.05, 3.63) is 53.5 Å². The third kappa shape index (κ3) is 3.81. The van der Waals surface area contributed by atoms with Crippen LogP contribution in [0.5, 0.6) is 5.75 Å². The van der Waals surface area contributed by atoms with Gasteiger partial charge in [-0.25, -0.2) is 8.78 Å². The lowest BCUT2D eigenvalue weighted by Crippen LogP contribution is -2.14. The highest BCUT2D eigenvalue weighted by atomic mass is 19.1. The van der Waals surface area contributed by atoms with Crippen LogP contribution in [0.15, 0.2) is 34.9 Å². The molecule has 0 saturated carbocycles. The van der Waals surface area contributed by atoms with Crippen molar-refractivity contribution < 1.29 is 17.9 Å². The summed E-state index contributed by atoms with van der Waals surface area (Å²) in [5.41, 5.74) is 0.845. The summed E-state index contributed by atoms with van der Waals surface area (Å²) < 4.78 is 36.9. The summed E-state index contributed by atoms with van der Waals surface area (Å²) in [5, 5.41) is 3.22. The quantitative estimate of drug-likeness (QED) is 0.787. The first kappa shape index (κ1) is 14.5. The Kier molecular flexibility index (Phi) is 5.12. The summed E-state index contributed by atoms with van der Waals surface area (Å²) in [4.78, 5) is 0. The average molecular weight is 281 g/mol. The van der Waals surface area contributed by atoms with E-state index in [0.717, 1.165) is 36.4 Å². The molecule has 0 aliphatic carbocycles. The largest absolute Gasteiger partial charge is 0.486 e. The van der Waals surface area contributed by atoms with E-state index in [1.165, 1.54) is 6.07 Å². The van der Waals surface area contributed by atoms with E-state index in [4.69, 9.17) is 9.15 Å². The van der Waals surface area contributed by atoms with Crippen molar-refractivity contribution in [3.63, 3.8) is 0 Å². The Morgan fingerprint density at radius 1 is 1.25 bits per heavy atom. The summed E-state index contributed by atoms with van der Waals surface area (Å²) in [7, 11) is 0. The Labute approximate surface area is 116 Å². The molecule has 2 rings (SSSR count). The second kappa shape index (κ2) is 7.05. The van der Waals surface area contributed by atoms with Crippen LogP contribution in [0.25, 0.3) is 0 Å². The highest BCUT2D eigenvalue weighted by molar-refractivity contribution is 5.25. The molecule has 2 aromatic rings. The van der Waals surface area contributed by atoms with E-state index in [-0.39, 0.29) is 12.4 Å². The smallest absolute Gasteiger partial charge is 0.167 e. The molecule has 0 aliphatic rings. The molecule has 0 atom stereocenters. The van der Waals surface area contributed by atoms with Crippen LogP contribution in [0.1, 0.15) is 24.7 Å². The standard InChI is InChI=1S/C15H17F2NO2/c1-2-6-18-9-15-11(5-7-19-15)10-20-14-4-3-12(16)8-13(14)17/h3-5,7-8,18H,2,6,9-10H2,1H3. The van der Waals surface area contributed by atoms with Crippen LogP contribution in [-0.2, 0) is 13.2 Å². The van der Waals surface area contributed by atoms with Gasteiger partial charge in [-0.2, -0.15) is 0 Å². The van der Waals surface area contributed by atoms with E-state index < -0.39 is 11.6 Å². The lowest BCUT2D eigenvalue weighted by atomic mass is 10.2. The van der Waals surface area contributed by atoms with Gasteiger partial charge in [0.2, 0.25) is 0 Å². The van der Waals surface area contributed by atoms with Crippen molar-refractivity contribution in [2.45, 2.75) is 26.5 Å². The minimum atomic E-state index is -0.709. The number of hydrogen-bond donors (Lipinski definition) is 1. The van der Waals surface area contributed by atoms with Gasteiger partial charge in [-0.3, -0.25) is 0 Å². The molecule has 108 valence electrons.